The van der Waals surface area contributed by atoms with Crippen molar-refractivity contribution < 1.29 is 18.8 Å². The molecule has 1 amide bonds. The molecule has 1 aromatic heterocycles. The Morgan fingerprint density at radius 3 is 2.66 bits per heavy atom. The summed E-state index contributed by atoms with van der Waals surface area (Å²) >= 11 is 0. The van der Waals surface area contributed by atoms with E-state index in [1.165, 1.54) is 0 Å². The maximum Gasteiger partial charge on any atom is 0.267 e. The number of aryl methyl sites for hydroxylation is 1. The van der Waals surface area contributed by atoms with Gasteiger partial charge in [0.15, 0.2) is 11.5 Å². The van der Waals surface area contributed by atoms with Gasteiger partial charge in [0.25, 0.3) is 5.91 Å². The van der Waals surface area contributed by atoms with Crippen LogP contribution in [0.2, 0.25) is 0 Å². The average molecular weight is 434 g/mol. The van der Waals surface area contributed by atoms with Crippen LogP contribution < -0.4 is 9.47 Å². The third-order valence-electron chi connectivity index (χ3n) is 6.23. The van der Waals surface area contributed by atoms with Crippen LogP contribution in [0.5, 0.6) is 11.5 Å². The van der Waals surface area contributed by atoms with Gasteiger partial charge in [-0.3, -0.25) is 4.79 Å². The van der Waals surface area contributed by atoms with Crippen molar-refractivity contribution in [3.8, 4) is 22.9 Å². The molecule has 2 aliphatic rings. The molecule has 0 spiro atoms. The smallest absolute Gasteiger partial charge is 0.267 e. The average Bonchev–Trinajstić information content (AvgIpc) is 3.27. The second-order valence-corrected chi connectivity index (χ2v) is 8.63. The van der Waals surface area contributed by atoms with Crippen LogP contribution in [0.25, 0.3) is 11.4 Å². The highest BCUT2D eigenvalue weighted by molar-refractivity contribution is 5.82. The summed E-state index contributed by atoms with van der Waals surface area (Å²) in [5.74, 6) is 2.77. The van der Waals surface area contributed by atoms with Crippen molar-refractivity contribution in [2.45, 2.75) is 45.3 Å². The van der Waals surface area contributed by atoms with Gasteiger partial charge in [-0.25, -0.2) is 0 Å². The van der Waals surface area contributed by atoms with Crippen molar-refractivity contribution in [2.24, 2.45) is 5.92 Å². The van der Waals surface area contributed by atoms with E-state index < -0.39 is 6.10 Å². The van der Waals surface area contributed by atoms with Crippen LogP contribution in [0.1, 0.15) is 31.2 Å². The molecule has 0 bridgehead atoms. The lowest BCUT2D eigenvalue weighted by Crippen LogP contribution is -2.53. The molecule has 0 radical (unpaired) electrons. The fourth-order valence-corrected chi connectivity index (χ4v) is 4.52. The van der Waals surface area contributed by atoms with Crippen molar-refractivity contribution in [1.82, 2.24) is 15.0 Å². The lowest BCUT2D eigenvalue weighted by Gasteiger charge is -2.37. The molecule has 2 aromatic carbocycles. The molecule has 32 heavy (non-hydrogen) atoms. The Kier molecular flexibility index (Phi) is 5.55. The van der Waals surface area contributed by atoms with Crippen molar-refractivity contribution in [2.75, 3.05) is 13.1 Å². The first-order valence-electron chi connectivity index (χ1n) is 11.2. The molecular formula is C25H27N3O4. The Balaban J connectivity index is 1.24. The largest absolute Gasteiger partial charge is 0.482 e. The summed E-state index contributed by atoms with van der Waals surface area (Å²) in [6.45, 7) is 5.29. The quantitative estimate of drug-likeness (QED) is 0.618. The molecule has 0 saturated carbocycles. The molecule has 1 saturated heterocycles. The zero-order chi connectivity index (χ0) is 22.1. The predicted molar refractivity (Wildman–Crippen MR) is 118 cm³/mol. The number of piperidine rings is 1. The fourth-order valence-electron chi connectivity index (χ4n) is 4.52. The van der Waals surface area contributed by atoms with Crippen LogP contribution in [0.15, 0.2) is 53.1 Å². The maximum absolute atomic E-state index is 13.3. The molecule has 3 atom stereocenters. The van der Waals surface area contributed by atoms with Crippen molar-refractivity contribution in [1.29, 1.82) is 0 Å². The number of hydrogen-bond donors (Lipinski definition) is 0. The lowest BCUT2D eigenvalue weighted by atomic mass is 9.94. The topological polar surface area (TPSA) is 77.7 Å². The summed E-state index contributed by atoms with van der Waals surface area (Å²) < 4.78 is 17.5. The summed E-state index contributed by atoms with van der Waals surface area (Å²) in [7, 11) is 0. The Labute approximate surface area is 187 Å². The van der Waals surface area contributed by atoms with E-state index in [2.05, 4.69) is 10.1 Å². The Morgan fingerprint density at radius 1 is 1.09 bits per heavy atom. The van der Waals surface area contributed by atoms with Crippen LogP contribution in [-0.4, -0.2) is 46.2 Å². The molecule has 5 rings (SSSR count). The van der Waals surface area contributed by atoms with E-state index >= 15 is 0 Å². The van der Waals surface area contributed by atoms with E-state index in [4.69, 9.17) is 14.0 Å². The van der Waals surface area contributed by atoms with Gasteiger partial charge in [-0.05, 0) is 50.3 Å². The fraction of sp³-hybridized carbons (Fsp3) is 0.400. The third-order valence-corrected chi connectivity index (χ3v) is 6.23. The molecule has 7 nitrogen and oxygen atoms in total. The normalized spacial score (nSPS) is 22.6. The Bertz CT molecular complexity index is 1110. The number of nitrogens with zero attached hydrogens (tertiary/aromatic N) is 3. The van der Waals surface area contributed by atoms with Gasteiger partial charge in [0.05, 0.1) is 0 Å². The molecule has 3 aromatic rings. The van der Waals surface area contributed by atoms with E-state index in [-0.39, 0.29) is 17.9 Å². The second kappa shape index (κ2) is 8.65. The van der Waals surface area contributed by atoms with E-state index in [0.717, 1.165) is 30.5 Å². The van der Waals surface area contributed by atoms with E-state index in [1.807, 2.05) is 67.3 Å². The number of aromatic nitrogens is 2. The van der Waals surface area contributed by atoms with Crippen LogP contribution in [0.4, 0.5) is 0 Å². The van der Waals surface area contributed by atoms with Crippen LogP contribution in [0, 0.1) is 12.8 Å². The molecule has 3 heterocycles. The second-order valence-electron chi connectivity index (χ2n) is 8.63. The summed E-state index contributed by atoms with van der Waals surface area (Å²) in [4.78, 5) is 19.8. The molecular weight excluding hydrogens is 406 g/mol. The number of rotatable bonds is 4. The monoisotopic (exact) mass is 433 g/mol. The molecule has 7 heteroatoms. The Hall–Kier alpha value is -3.35. The molecule has 166 valence electrons. The number of likely N-dealkylation sites (tertiary alicyclic amines) is 1. The van der Waals surface area contributed by atoms with Crippen LogP contribution in [0.3, 0.4) is 0 Å². The maximum atomic E-state index is 13.3. The molecule has 1 fully saturated rings. The number of hydrogen-bond acceptors (Lipinski definition) is 6. The zero-order valence-electron chi connectivity index (χ0n) is 18.4. The molecule has 0 aliphatic carbocycles. The van der Waals surface area contributed by atoms with Gasteiger partial charge in [0.2, 0.25) is 17.8 Å². The van der Waals surface area contributed by atoms with E-state index in [9.17, 15) is 4.79 Å². The molecule has 2 aliphatic heterocycles. The van der Waals surface area contributed by atoms with E-state index in [0.29, 0.717) is 36.2 Å². The van der Waals surface area contributed by atoms with Crippen molar-refractivity contribution in [3.05, 3.63) is 60.0 Å². The summed E-state index contributed by atoms with van der Waals surface area (Å²) in [6.07, 6.45) is 1.63. The number of amides is 1. The first-order chi connectivity index (χ1) is 15.6. The molecule has 0 N–H and O–H groups in total. The third kappa shape index (κ3) is 4.07. The number of benzene rings is 2. The summed E-state index contributed by atoms with van der Waals surface area (Å²) in [5, 5.41) is 4.17. The van der Waals surface area contributed by atoms with Gasteiger partial charge < -0.3 is 18.9 Å². The number of fused-ring (bicyclic) bond motifs is 1. The summed E-state index contributed by atoms with van der Waals surface area (Å²) in [5.41, 5.74) is 2.09. The standard InChI is InChI=1S/C25H27N3O4/c1-16-8-3-4-10-19(16)24-26-22(32-27-24)14-18-9-7-13-28(15-18)25(29)23-17(2)30-20-11-5-6-12-21(20)31-23/h3-6,8,10-12,17-18,23H,7,9,13-15H2,1-2H3. The number of carbonyl (C=O) groups is 1. The van der Waals surface area contributed by atoms with Gasteiger partial charge in [0.1, 0.15) is 6.10 Å². The highest BCUT2D eigenvalue weighted by atomic mass is 16.6. The predicted octanol–water partition coefficient (Wildman–Crippen LogP) is 4.05. The highest BCUT2D eigenvalue weighted by Gasteiger charge is 2.38. The highest BCUT2D eigenvalue weighted by Crippen LogP contribution is 2.34. The zero-order valence-corrected chi connectivity index (χ0v) is 18.4. The first kappa shape index (κ1) is 20.5. The van der Waals surface area contributed by atoms with Crippen molar-refractivity contribution >= 4 is 5.91 Å². The first-order valence-corrected chi connectivity index (χ1v) is 11.2. The molecule has 3 unspecified atom stereocenters. The Morgan fingerprint density at radius 2 is 1.84 bits per heavy atom. The van der Waals surface area contributed by atoms with E-state index in [1.54, 1.807) is 0 Å². The van der Waals surface area contributed by atoms with Gasteiger partial charge in [-0.1, -0.05) is 41.6 Å². The summed E-state index contributed by atoms with van der Waals surface area (Å²) in [6, 6.07) is 15.5. The van der Waals surface area contributed by atoms with Crippen molar-refractivity contribution in [3.63, 3.8) is 0 Å². The van der Waals surface area contributed by atoms with Crippen LogP contribution in [-0.2, 0) is 11.2 Å². The number of carbonyl (C=O) groups excluding carboxylic acids is 1. The van der Waals surface area contributed by atoms with Gasteiger partial charge in [-0.15, -0.1) is 0 Å². The minimum absolute atomic E-state index is 0.0252. The van der Waals surface area contributed by atoms with Gasteiger partial charge >= 0.3 is 0 Å². The number of para-hydroxylation sites is 2. The lowest BCUT2D eigenvalue weighted by molar-refractivity contribution is -0.146. The number of ether oxygens (including phenoxy) is 2. The SMILES string of the molecule is Cc1ccccc1-c1noc(CC2CCCN(C(=O)C3Oc4ccccc4OC3C)C2)n1. The van der Waals surface area contributed by atoms with Gasteiger partial charge in [-0.2, -0.15) is 4.98 Å². The minimum Gasteiger partial charge on any atom is -0.482 e. The van der Waals surface area contributed by atoms with Gasteiger partial charge in [0, 0.05) is 25.1 Å². The van der Waals surface area contributed by atoms with Crippen LogP contribution >= 0.6 is 0 Å². The minimum atomic E-state index is -0.639.